The summed E-state index contributed by atoms with van der Waals surface area (Å²) in [5, 5.41) is 8.64. The van der Waals surface area contributed by atoms with Crippen molar-refractivity contribution >= 4 is 22.7 Å². The molecule has 0 radical (unpaired) electrons. The van der Waals surface area contributed by atoms with Gasteiger partial charge < -0.3 is 10.1 Å². The molecular formula is C18H27N5O2. The maximum absolute atomic E-state index is 12.3. The fourth-order valence-electron chi connectivity index (χ4n) is 3.58. The Hall–Kier alpha value is -2.15. The molecule has 0 aliphatic carbocycles. The first-order chi connectivity index (χ1) is 12.2. The van der Waals surface area contributed by atoms with Gasteiger partial charge in [0.05, 0.1) is 23.9 Å². The van der Waals surface area contributed by atoms with Gasteiger partial charge in [0, 0.05) is 25.8 Å². The van der Waals surface area contributed by atoms with E-state index < -0.39 is 0 Å². The number of esters is 1. The molecule has 0 aromatic carbocycles. The summed E-state index contributed by atoms with van der Waals surface area (Å²) in [5.41, 5.74) is 2.01. The van der Waals surface area contributed by atoms with Crippen LogP contribution in [-0.2, 0) is 11.8 Å². The van der Waals surface area contributed by atoms with E-state index in [-0.39, 0.29) is 5.97 Å². The van der Waals surface area contributed by atoms with E-state index in [2.05, 4.69) is 27.2 Å². The highest BCUT2D eigenvalue weighted by Gasteiger charge is 2.23. The summed E-state index contributed by atoms with van der Waals surface area (Å²) in [6.07, 6.45) is 7.04. The monoisotopic (exact) mass is 345 g/mol. The predicted molar refractivity (Wildman–Crippen MR) is 97.8 cm³/mol. The molecule has 3 rings (SSSR count). The first-order valence-electron chi connectivity index (χ1n) is 9.11. The van der Waals surface area contributed by atoms with Crippen molar-refractivity contribution < 1.29 is 9.53 Å². The van der Waals surface area contributed by atoms with Crippen LogP contribution in [0.4, 0.5) is 5.69 Å². The van der Waals surface area contributed by atoms with Crippen molar-refractivity contribution in [3.05, 3.63) is 18.0 Å². The molecule has 1 fully saturated rings. The van der Waals surface area contributed by atoms with Gasteiger partial charge in [0.25, 0.3) is 0 Å². The molecule has 1 aliphatic rings. The number of ether oxygens (including phenoxy) is 1. The Morgan fingerprint density at radius 3 is 2.96 bits per heavy atom. The summed E-state index contributed by atoms with van der Waals surface area (Å²) < 4.78 is 6.92. The summed E-state index contributed by atoms with van der Waals surface area (Å²) in [4.78, 5) is 19.2. The van der Waals surface area contributed by atoms with Gasteiger partial charge in [-0.15, -0.1) is 0 Å². The van der Waals surface area contributed by atoms with Gasteiger partial charge in [0.2, 0.25) is 0 Å². The lowest BCUT2D eigenvalue weighted by Crippen LogP contribution is -2.43. The van der Waals surface area contributed by atoms with E-state index in [1.54, 1.807) is 17.1 Å². The molecule has 136 valence electrons. The Kier molecular flexibility index (Phi) is 5.53. The second-order valence-electron chi connectivity index (χ2n) is 6.43. The number of aryl methyl sites for hydroxylation is 1. The van der Waals surface area contributed by atoms with Crippen LogP contribution >= 0.6 is 0 Å². The van der Waals surface area contributed by atoms with Crippen LogP contribution < -0.4 is 5.32 Å². The zero-order valence-electron chi connectivity index (χ0n) is 15.3. The maximum Gasteiger partial charge on any atom is 0.341 e. The molecule has 25 heavy (non-hydrogen) atoms. The summed E-state index contributed by atoms with van der Waals surface area (Å²) >= 11 is 0. The van der Waals surface area contributed by atoms with Gasteiger partial charge in [-0.05, 0) is 32.9 Å². The number of anilines is 1. The molecule has 2 aromatic rings. The van der Waals surface area contributed by atoms with Crippen LogP contribution in [0.3, 0.4) is 0 Å². The second kappa shape index (κ2) is 7.82. The largest absolute Gasteiger partial charge is 0.462 e. The van der Waals surface area contributed by atoms with Crippen LogP contribution in [-0.4, -0.2) is 57.9 Å². The summed E-state index contributed by atoms with van der Waals surface area (Å²) in [5.74, 6) is -0.348. The zero-order chi connectivity index (χ0) is 17.8. The van der Waals surface area contributed by atoms with Crippen molar-refractivity contribution in [2.75, 3.05) is 31.6 Å². The van der Waals surface area contributed by atoms with E-state index in [0.29, 0.717) is 18.2 Å². The molecule has 7 nitrogen and oxygen atoms in total. The molecule has 1 unspecified atom stereocenters. The maximum atomic E-state index is 12.3. The highest BCUT2D eigenvalue weighted by molar-refractivity contribution is 6.04. The average Bonchev–Trinajstić information content (AvgIpc) is 3.01. The van der Waals surface area contributed by atoms with Crippen molar-refractivity contribution in [2.45, 2.75) is 39.2 Å². The molecule has 3 heterocycles. The Morgan fingerprint density at radius 1 is 1.36 bits per heavy atom. The molecule has 2 aromatic heterocycles. The smallest absolute Gasteiger partial charge is 0.341 e. The van der Waals surface area contributed by atoms with Crippen LogP contribution in [0, 0.1) is 0 Å². The minimum Gasteiger partial charge on any atom is -0.462 e. The van der Waals surface area contributed by atoms with Crippen molar-refractivity contribution in [3.8, 4) is 0 Å². The lowest BCUT2D eigenvalue weighted by atomic mass is 10.0. The van der Waals surface area contributed by atoms with Crippen molar-refractivity contribution in [3.63, 3.8) is 0 Å². The van der Waals surface area contributed by atoms with E-state index in [0.717, 1.165) is 36.4 Å². The molecule has 0 amide bonds. The third kappa shape index (κ3) is 3.61. The molecule has 1 atom stereocenters. The highest BCUT2D eigenvalue weighted by atomic mass is 16.5. The standard InChI is InChI=1S/C18H27N5O2/c1-4-23-9-7-6-8-13(23)10-19-16-14-12-21-22(3)17(14)20-11-15(16)18(24)25-5-2/h11-13H,4-10H2,1-3H3,(H,19,20). The number of nitrogens with zero attached hydrogens (tertiary/aromatic N) is 4. The fourth-order valence-corrected chi connectivity index (χ4v) is 3.58. The van der Waals surface area contributed by atoms with Crippen LogP contribution in [0.25, 0.3) is 11.0 Å². The average molecular weight is 345 g/mol. The molecular weight excluding hydrogens is 318 g/mol. The molecule has 0 saturated carbocycles. The number of carbonyl (C=O) groups excluding carboxylic acids is 1. The molecule has 1 N–H and O–H groups in total. The molecule has 1 saturated heterocycles. The number of likely N-dealkylation sites (tertiary alicyclic amines) is 1. The van der Waals surface area contributed by atoms with Gasteiger partial charge in [-0.2, -0.15) is 5.10 Å². The van der Waals surface area contributed by atoms with Crippen molar-refractivity contribution in [1.82, 2.24) is 19.7 Å². The van der Waals surface area contributed by atoms with Crippen LogP contribution in [0.1, 0.15) is 43.5 Å². The number of pyridine rings is 1. The Labute approximate surface area is 148 Å². The van der Waals surface area contributed by atoms with Crippen molar-refractivity contribution in [2.24, 2.45) is 7.05 Å². The fraction of sp³-hybridized carbons (Fsp3) is 0.611. The van der Waals surface area contributed by atoms with Gasteiger partial charge in [0.15, 0.2) is 5.65 Å². The number of fused-ring (bicyclic) bond motifs is 1. The van der Waals surface area contributed by atoms with Crippen LogP contribution in [0.2, 0.25) is 0 Å². The summed E-state index contributed by atoms with van der Waals surface area (Å²) in [6.45, 7) is 7.35. The van der Waals surface area contributed by atoms with Crippen molar-refractivity contribution in [1.29, 1.82) is 0 Å². The predicted octanol–water partition coefficient (Wildman–Crippen LogP) is 2.43. The van der Waals surface area contributed by atoms with E-state index in [1.165, 1.54) is 19.3 Å². The van der Waals surface area contributed by atoms with Gasteiger partial charge in [-0.3, -0.25) is 9.58 Å². The quantitative estimate of drug-likeness (QED) is 0.811. The lowest BCUT2D eigenvalue weighted by molar-refractivity contribution is 0.0527. The first kappa shape index (κ1) is 17.7. The van der Waals surface area contributed by atoms with E-state index in [4.69, 9.17) is 4.74 Å². The Morgan fingerprint density at radius 2 is 2.20 bits per heavy atom. The third-order valence-corrected chi connectivity index (χ3v) is 4.93. The third-order valence-electron chi connectivity index (χ3n) is 4.93. The number of aromatic nitrogens is 3. The van der Waals surface area contributed by atoms with Crippen LogP contribution in [0.15, 0.2) is 12.4 Å². The number of piperidine rings is 1. The molecule has 0 spiro atoms. The van der Waals surface area contributed by atoms with Gasteiger partial charge in [0.1, 0.15) is 5.56 Å². The number of carbonyl (C=O) groups is 1. The summed E-state index contributed by atoms with van der Waals surface area (Å²) in [7, 11) is 1.85. The van der Waals surface area contributed by atoms with E-state index in [9.17, 15) is 4.79 Å². The van der Waals surface area contributed by atoms with Gasteiger partial charge in [-0.1, -0.05) is 13.3 Å². The minimum absolute atomic E-state index is 0.343. The van der Waals surface area contributed by atoms with Crippen LogP contribution in [0.5, 0.6) is 0 Å². The Bertz CT molecular complexity index is 742. The minimum atomic E-state index is -0.348. The second-order valence-corrected chi connectivity index (χ2v) is 6.43. The Balaban J connectivity index is 1.89. The van der Waals surface area contributed by atoms with E-state index >= 15 is 0 Å². The summed E-state index contributed by atoms with van der Waals surface area (Å²) in [6, 6.07) is 0.480. The van der Waals surface area contributed by atoms with Gasteiger partial charge in [-0.25, -0.2) is 9.78 Å². The molecule has 1 aliphatic heterocycles. The molecule has 0 bridgehead atoms. The topological polar surface area (TPSA) is 72.3 Å². The lowest BCUT2D eigenvalue weighted by Gasteiger charge is -2.35. The van der Waals surface area contributed by atoms with E-state index in [1.807, 2.05) is 14.0 Å². The normalized spacial score (nSPS) is 18.4. The number of hydrogen-bond donors (Lipinski definition) is 1. The first-order valence-corrected chi connectivity index (χ1v) is 9.11. The SMILES string of the molecule is CCOC(=O)c1cnc2c(cnn2C)c1NCC1CCCCN1CC. The number of rotatable bonds is 6. The highest BCUT2D eigenvalue weighted by Crippen LogP contribution is 2.27. The molecule has 7 heteroatoms. The number of nitrogens with one attached hydrogen (secondary N) is 1. The zero-order valence-corrected chi connectivity index (χ0v) is 15.3. The number of hydrogen-bond acceptors (Lipinski definition) is 6. The van der Waals surface area contributed by atoms with Gasteiger partial charge >= 0.3 is 5.97 Å². The number of likely N-dealkylation sites (N-methyl/N-ethyl adjacent to an activating group) is 1.